The van der Waals surface area contributed by atoms with Gasteiger partial charge < -0.3 is 14.8 Å². The molecule has 2 aromatic carbocycles. The highest BCUT2D eigenvalue weighted by molar-refractivity contribution is 7.07. The standard InChI is InChI=1S/C26H23N3O5S/c1-13(2)34-18-12-8-6-10-16(18)21-19(25(32)33-4)14(3)27-26-29(21)24(31)22(35-26)20-15-9-5-7-11-17(15)28-23(20)30/h5-13,21H,1-4H3,(H,28,30)/b22-20-/t21-/m1/s1. The third-order valence-corrected chi connectivity index (χ3v) is 6.93. The number of esters is 1. The van der Waals surface area contributed by atoms with Gasteiger partial charge in [0.2, 0.25) is 0 Å². The number of allylic oxidation sites excluding steroid dienone is 1. The number of hydrogen-bond donors (Lipinski definition) is 1. The number of amides is 1. The Hall–Kier alpha value is -3.98. The van der Waals surface area contributed by atoms with Crippen molar-refractivity contribution in [3.8, 4) is 5.75 Å². The molecule has 0 saturated carbocycles. The zero-order valence-corrected chi connectivity index (χ0v) is 20.4. The zero-order valence-electron chi connectivity index (χ0n) is 19.6. The van der Waals surface area contributed by atoms with Gasteiger partial charge in [0.15, 0.2) is 4.80 Å². The summed E-state index contributed by atoms with van der Waals surface area (Å²) in [5.74, 6) is -0.385. The first kappa shape index (κ1) is 22.8. The minimum Gasteiger partial charge on any atom is -0.491 e. The van der Waals surface area contributed by atoms with Crippen molar-refractivity contribution in [2.75, 3.05) is 12.4 Å². The smallest absolute Gasteiger partial charge is 0.338 e. The molecule has 8 nitrogen and oxygen atoms in total. The largest absolute Gasteiger partial charge is 0.491 e. The highest BCUT2D eigenvalue weighted by Crippen LogP contribution is 2.36. The van der Waals surface area contributed by atoms with Crippen molar-refractivity contribution in [2.45, 2.75) is 32.9 Å². The summed E-state index contributed by atoms with van der Waals surface area (Å²) in [7, 11) is 1.29. The summed E-state index contributed by atoms with van der Waals surface area (Å²) >= 11 is 1.13. The summed E-state index contributed by atoms with van der Waals surface area (Å²) in [6, 6.07) is 13.7. The zero-order chi connectivity index (χ0) is 24.9. The van der Waals surface area contributed by atoms with Gasteiger partial charge in [0, 0.05) is 16.8 Å². The molecule has 0 fully saturated rings. The third kappa shape index (κ3) is 3.68. The van der Waals surface area contributed by atoms with Crippen molar-refractivity contribution in [1.82, 2.24) is 4.57 Å². The van der Waals surface area contributed by atoms with Crippen LogP contribution in [0.4, 0.5) is 5.69 Å². The van der Waals surface area contributed by atoms with Crippen LogP contribution in [-0.2, 0) is 14.3 Å². The molecule has 0 aliphatic carbocycles. The van der Waals surface area contributed by atoms with Gasteiger partial charge in [0.05, 0.1) is 30.1 Å². The average Bonchev–Trinajstić information content (AvgIpc) is 3.32. The minimum atomic E-state index is -0.831. The monoisotopic (exact) mass is 489 g/mol. The van der Waals surface area contributed by atoms with Crippen LogP contribution in [0.25, 0.3) is 5.57 Å². The Kier molecular flexibility index (Phi) is 5.64. The van der Waals surface area contributed by atoms with E-state index in [9.17, 15) is 14.4 Å². The molecule has 1 N–H and O–H groups in total. The fourth-order valence-corrected chi connectivity index (χ4v) is 5.59. The lowest BCUT2D eigenvalue weighted by molar-refractivity contribution is -0.136. The van der Waals surface area contributed by atoms with Crippen LogP contribution in [-0.4, -0.2) is 29.7 Å². The third-order valence-electron chi connectivity index (χ3n) is 5.88. The van der Waals surface area contributed by atoms with Crippen LogP contribution in [0.3, 0.4) is 0 Å². The molecule has 3 heterocycles. The summed E-state index contributed by atoms with van der Waals surface area (Å²) in [6.07, 6.45) is -0.125. The summed E-state index contributed by atoms with van der Waals surface area (Å²) < 4.78 is 12.8. The topological polar surface area (TPSA) is 99.0 Å². The molecule has 3 aromatic rings. The molecule has 178 valence electrons. The number of anilines is 1. The van der Waals surface area contributed by atoms with Crippen LogP contribution in [0.2, 0.25) is 0 Å². The first-order chi connectivity index (χ1) is 16.8. The van der Waals surface area contributed by atoms with Crippen molar-refractivity contribution >= 4 is 34.5 Å². The second kappa shape index (κ2) is 8.66. The maximum atomic E-state index is 13.9. The maximum absolute atomic E-state index is 13.9. The summed E-state index contributed by atoms with van der Waals surface area (Å²) in [6.45, 7) is 5.52. The molecule has 1 atom stereocenters. The average molecular weight is 490 g/mol. The number of para-hydroxylation sites is 2. The molecular formula is C26H23N3O5S. The first-order valence-corrected chi connectivity index (χ1v) is 11.9. The van der Waals surface area contributed by atoms with E-state index in [-0.39, 0.29) is 22.1 Å². The Balaban J connectivity index is 1.84. The van der Waals surface area contributed by atoms with E-state index < -0.39 is 17.6 Å². The van der Waals surface area contributed by atoms with Gasteiger partial charge in [0.25, 0.3) is 11.5 Å². The molecule has 2 aliphatic rings. The number of aromatic nitrogens is 1. The van der Waals surface area contributed by atoms with Crippen LogP contribution < -0.4 is 24.9 Å². The van der Waals surface area contributed by atoms with E-state index in [0.717, 1.165) is 11.3 Å². The van der Waals surface area contributed by atoms with Crippen LogP contribution >= 0.6 is 11.3 Å². The van der Waals surface area contributed by atoms with Crippen molar-refractivity contribution in [2.24, 2.45) is 4.99 Å². The summed E-state index contributed by atoms with van der Waals surface area (Å²) in [4.78, 5) is 44.7. The number of fused-ring (bicyclic) bond motifs is 2. The number of nitrogens with zero attached hydrogens (tertiary/aromatic N) is 2. The van der Waals surface area contributed by atoms with E-state index in [4.69, 9.17) is 9.47 Å². The normalized spacial score (nSPS) is 18.1. The van der Waals surface area contributed by atoms with Crippen molar-refractivity contribution < 1.29 is 19.1 Å². The number of ether oxygens (including phenoxy) is 2. The molecule has 1 amide bonds. The van der Waals surface area contributed by atoms with E-state index in [0.29, 0.717) is 38.6 Å². The van der Waals surface area contributed by atoms with Gasteiger partial charge in [-0.2, -0.15) is 0 Å². The van der Waals surface area contributed by atoms with E-state index >= 15 is 0 Å². The second-order valence-corrected chi connectivity index (χ2v) is 9.45. The summed E-state index contributed by atoms with van der Waals surface area (Å²) in [5, 5.41) is 2.82. The van der Waals surface area contributed by atoms with Crippen LogP contribution in [0.1, 0.15) is 37.9 Å². The Labute approximate surface area is 204 Å². The molecule has 0 unspecified atom stereocenters. The van der Waals surface area contributed by atoms with Gasteiger partial charge in [-0.3, -0.25) is 14.2 Å². The second-order valence-electron chi connectivity index (χ2n) is 8.47. The van der Waals surface area contributed by atoms with Gasteiger partial charge in [-0.25, -0.2) is 9.79 Å². The number of hydrogen-bond acceptors (Lipinski definition) is 7. The highest BCUT2D eigenvalue weighted by atomic mass is 32.1. The molecule has 35 heavy (non-hydrogen) atoms. The molecule has 0 spiro atoms. The SMILES string of the molecule is COC(=O)C1=C(C)N=c2s/c(=C3\C(=O)Nc4ccccc43)c(=O)n2[C@@H]1c1ccccc1OC(C)C. The molecule has 9 heteroatoms. The van der Waals surface area contributed by atoms with Crippen LogP contribution in [0.15, 0.2) is 69.6 Å². The number of rotatable bonds is 4. The maximum Gasteiger partial charge on any atom is 0.338 e. The Bertz CT molecular complexity index is 1600. The fraction of sp³-hybridized carbons (Fsp3) is 0.231. The lowest BCUT2D eigenvalue weighted by atomic mass is 9.95. The number of thiazole rings is 1. The molecule has 2 aliphatic heterocycles. The lowest BCUT2D eigenvalue weighted by Crippen LogP contribution is -2.40. The van der Waals surface area contributed by atoms with Crippen LogP contribution in [0, 0.1) is 0 Å². The number of benzene rings is 2. The van der Waals surface area contributed by atoms with Gasteiger partial charge in [-0.05, 0) is 32.9 Å². The molecular weight excluding hydrogens is 466 g/mol. The van der Waals surface area contributed by atoms with E-state index in [1.54, 1.807) is 25.1 Å². The quantitative estimate of drug-likeness (QED) is 0.568. The number of carbonyl (C=O) groups excluding carboxylic acids is 2. The Morgan fingerprint density at radius 1 is 1.11 bits per heavy atom. The van der Waals surface area contributed by atoms with Crippen molar-refractivity contribution in [1.29, 1.82) is 0 Å². The Morgan fingerprint density at radius 3 is 2.57 bits per heavy atom. The minimum absolute atomic E-state index is 0.125. The van der Waals surface area contributed by atoms with Gasteiger partial charge in [-0.15, -0.1) is 0 Å². The molecule has 0 radical (unpaired) electrons. The predicted octanol–water partition coefficient (Wildman–Crippen LogP) is 2.52. The Morgan fingerprint density at radius 2 is 1.83 bits per heavy atom. The van der Waals surface area contributed by atoms with Crippen LogP contribution in [0.5, 0.6) is 5.75 Å². The molecule has 0 bridgehead atoms. The number of nitrogens with one attached hydrogen (secondary N) is 1. The van der Waals surface area contributed by atoms with Crippen molar-refractivity contribution in [3.05, 3.63) is 90.6 Å². The number of carbonyl (C=O) groups is 2. The predicted molar refractivity (Wildman–Crippen MR) is 132 cm³/mol. The number of methoxy groups -OCH3 is 1. The molecule has 5 rings (SSSR count). The lowest BCUT2D eigenvalue weighted by Gasteiger charge is -2.26. The molecule has 0 saturated heterocycles. The van der Waals surface area contributed by atoms with E-state index in [1.165, 1.54) is 11.7 Å². The van der Waals surface area contributed by atoms with Crippen molar-refractivity contribution in [3.63, 3.8) is 0 Å². The highest BCUT2D eigenvalue weighted by Gasteiger charge is 2.36. The molecule has 1 aromatic heterocycles. The van der Waals surface area contributed by atoms with E-state index in [1.807, 2.05) is 44.2 Å². The van der Waals surface area contributed by atoms with Gasteiger partial charge in [-0.1, -0.05) is 47.7 Å². The van der Waals surface area contributed by atoms with Gasteiger partial charge >= 0.3 is 5.97 Å². The van der Waals surface area contributed by atoms with E-state index in [2.05, 4.69) is 10.3 Å². The first-order valence-electron chi connectivity index (χ1n) is 11.1. The summed E-state index contributed by atoms with van der Waals surface area (Å²) in [5.41, 5.74) is 2.51. The van der Waals surface area contributed by atoms with Gasteiger partial charge in [0.1, 0.15) is 16.3 Å². The fourth-order valence-electron chi connectivity index (χ4n) is 4.45.